The molecular weight excluding hydrogens is 368 g/mol. The average molecular weight is 388 g/mol. The summed E-state index contributed by atoms with van der Waals surface area (Å²) in [5, 5.41) is 9.60. The molecule has 2 aromatic carbocycles. The number of H-pyrrole nitrogens is 1. The molecule has 0 bridgehead atoms. The first-order valence-corrected chi connectivity index (χ1v) is 9.36. The van der Waals surface area contributed by atoms with Crippen LogP contribution in [0.2, 0.25) is 0 Å². The molecule has 7 nitrogen and oxygen atoms in total. The van der Waals surface area contributed by atoms with Gasteiger partial charge >= 0.3 is 0 Å². The van der Waals surface area contributed by atoms with Gasteiger partial charge in [-0.05, 0) is 19.4 Å². The van der Waals surface area contributed by atoms with Crippen LogP contribution in [-0.4, -0.2) is 32.7 Å². The van der Waals surface area contributed by atoms with Crippen molar-refractivity contribution in [2.45, 2.75) is 31.7 Å². The van der Waals surface area contributed by atoms with E-state index in [2.05, 4.69) is 20.5 Å². The highest BCUT2D eigenvalue weighted by atomic mass is 16.2. The van der Waals surface area contributed by atoms with Gasteiger partial charge in [-0.2, -0.15) is 5.10 Å². The number of carbonyl (C=O) groups is 3. The minimum atomic E-state index is -1.57. The number of aromatic nitrogens is 3. The largest absolute Gasteiger partial charge is 0.346 e. The van der Waals surface area contributed by atoms with E-state index in [9.17, 15) is 14.4 Å². The zero-order chi connectivity index (χ0) is 20.6. The lowest BCUT2D eigenvalue weighted by atomic mass is 9.73. The Morgan fingerprint density at radius 3 is 2.17 bits per heavy atom. The van der Waals surface area contributed by atoms with Crippen LogP contribution in [-0.2, 0) is 10.2 Å². The second-order valence-corrected chi connectivity index (χ2v) is 7.22. The Balaban J connectivity index is 1.69. The van der Waals surface area contributed by atoms with Crippen molar-refractivity contribution in [1.82, 2.24) is 20.5 Å². The van der Waals surface area contributed by atoms with Crippen LogP contribution in [0.5, 0.6) is 0 Å². The fourth-order valence-corrected chi connectivity index (χ4v) is 3.84. The summed E-state index contributed by atoms with van der Waals surface area (Å²) in [6.45, 7) is 3.52. The Hall–Kier alpha value is -3.61. The molecule has 1 aliphatic carbocycles. The normalized spacial score (nSPS) is 15.8. The lowest BCUT2D eigenvalue weighted by Gasteiger charge is -2.26. The minimum absolute atomic E-state index is 0.281. The summed E-state index contributed by atoms with van der Waals surface area (Å²) >= 11 is 0. The molecule has 1 aromatic heterocycles. The third kappa shape index (κ3) is 3.04. The summed E-state index contributed by atoms with van der Waals surface area (Å²) in [5.41, 5.74) is -0.342. The summed E-state index contributed by atoms with van der Waals surface area (Å²) in [6.07, 6.45) is -0.281. The van der Waals surface area contributed by atoms with Gasteiger partial charge in [-0.3, -0.25) is 19.5 Å². The second-order valence-electron chi connectivity index (χ2n) is 7.22. The maximum absolute atomic E-state index is 13.4. The van der Waals surface area contributed by atoms with Crippen molar-refractivity contribution >= 4 is 17.5 Å². The zero-order valence-corrected chi connectivity index (χ0v) is 16.1. The van der Waals surface area contributed by atoms with Gasteiger partial charge in [0, 0.05) is 11.1 Å². The molecular formula is C22H20N4O3. The Bertz CT molecular complexity index is 1070. The maximum Gasteiger partial charge on any atom is 0.222 e. The van der Waals surface area contributed by atoms with Crippen molar-refractivity contribution in [3.05, 3.63) is 82.9 Å². The zero-order valence-electron chi connectivity index (χ0n) is 16.1. The van der Waals surface area contributed by atoms with Crippen LogP contribution in [0, 0.1) is 6.92 Å². The first kappa shape index (κ1) is 18.7. The molecule has 1 atom stereocenters. The average Bonchev–Trinajstić information content (AvgIpc) is 3.25. The number of hydrogen-bond acceptors (Lipinski definition) is 5. The molecule has 0 unspecified atom stereocenters. The van der Waals surface area contributed by atoms with Crippen LogP contribution in [0.1, 0.15) is 57.3 Å². The number of amides is 1. The number of Topliss-reactive ketones (excluding diaryl/α,β-unsaturated/α-hetero) is 2. The number of aryl methyl sites for hydroxylation is 1. The first-order valence-electron chi connectivity index (χ1n) is 9.36. The van der Waals surface area contributed by atoms with Crippen LogP contribution in [0.3, 0.4) is 0 Å². The van der Waals surface area contributed by atoms with Gasteiger partial charge in [-0.15, -0.1) is 0 Å². The Morgan fingerprint density at radius 1 is 1.03 bits per heavy atom. The number of ketones is 2. The Kier molecular flexibility index (Phi) is 4.58. The van der Waals surface area contributed by atoms with E-state index in [-0.39, 0.29) is 18.0 Å². The highest BCUT2D eigenvalue weighted by Crippen LogP contribution is 2.42. The van der Waals surface area contributed by atoms with Crippen molar-refractivity contribution in [3.8, 4) is 0 Å². The number of nitrogens with one attached hydrogen (secondary N) is 2. The van der Waals surface area contributed by atoms with Crippen LogP contribution in [0.25, 0.3) is 0 Å². The summed E-state index contributed by atoms with van der Waals surface area (Å²) in [6, 6.07) is 15.0. The molecule has 1 amide bonds. The van der Waals surface area contributed by atoms with E-state index >= 15 is 0 Å². The predicted molar refractivity (Wildman–Crippen MR) is 106 cm³/mol. The highest BCUT2D eigenvalue weighted by molar-refractivity contribution is 6.34. The van der Waals surface area contributed by atoms with Crippen LogP contribution >= 0.6 is 0 Å². The summed E-state index contributed by atoms with van der Waals surface area (Å²) in [5.74, 6) is -0.0320. The van der Waals surface area contributed by atoms with Crippen molar-refractivity contribution in [2.24, 2.45) is 0 Å². The van der Waals surface area contributed by atoms with Crippen molar-refractivity contribution in [1.29, 1.82) is 0 Å². The number of fused-ring (bicyclic) bond motifs is 1. The summed E-state index contributed by atoms with van der Waals surface area (Å²) in [4.78, 5) is 43.9. The van der Waals surface area contributed by atoms with Crippen LogP contribution < -0.4 is 5.32 Å². The number of nitrogens with zero attached hydrogens (tertiary/aromatic N) is 2. The Morgan fingerprint density at radius 2 is 1.62 bits per heavy atom. The second kappa shape index (κ2) is 7.09. The molecule has 0 fully saturated rings. The topological polar surface area (TPSA) is 105 Å². The van der Waals surface area contributed by atoms with E-state index in [0.29, 0.717) is 28.3 Å². The molecule has 0 spiro atoms. The van der Waals surface area contributed by atoms with E-state index in [1.165, 1.54) is 0 Å². The van der Waals surface area contributed by atoms with Crippen LogP contribution in [0.4, 0.5) is 0 Å². The molecule has 2 N–H and O–H groups in total. The number of rotatable bonds is 5. The quantitative estimate of drug-likeness (QED) is 0.654. The lowest BCUT2D eigenvalue weighted by molar-refractivity contribution is -0.122. The SMILES string of the molecule is Cc1nc([C@H](C)NC(=O)CC2(c3ccccc3)C(=O)c3ccccc3C2=O)n[nH]1. The van der Waals surface area contributed by atoms with E-state index in [4.69, 9.17) is 0 Å². The van der Waals surface area contributed by atoms with E-state index in [0.717, 1.165) is 0 Å². The molecule has 29 heavy (non-hydrogen) atoms. The van der Waals surface area contributed by atoms with Gasteiger partial charge in [-0.1, -0.05) is 54.6 Å². The minimum Gasteiger partial charge on any atom is -0.346 e. The maximum atomic E-state index is 13.4. The third-order valence-electron chi connectivity index (χ3n) is 5.26. The number of carbonyl (C=O) groups excluding carboxylic acids is 3. The number of hydrogen-bond donors (Lipinski definition) is 2. The summed E-state index contributed by atoms with van der Waals surface area (Å²) in [7, 11) is 0. The van der Waals surface area contributed by atoms with E-state index in [1.54, 1.807) is 62.4 Å². The molecule has 0 saturated heterocycles. The lowest BCUT2D eigenvalue weighted by Crippen LogP contribution is -2.43. The van der Waals surface area contributed by atoms with Gasteiger partial charge in [0.15, 0.2) is 17.4 Å². The van der Waals surface area contributed by atoms with Crippen molar-refractivity contribution < 1.29 is 14.4 Å². The molecule has 7 heteroatoms. The van der Waals surface area contributed by atoms with Crippen LogP contribution in [0.15, 0.2) is 54.6 Å². The monoisotopic (exact) mass is 388 g/mol. The molecule has 4 rings (SSSR count). The van der Waals surface area contributed by atoms with Crippen molar-refractivity contribution in [2.75, 3.05) is 0 Å². The molecule has 0 radical (unpaired) electrons. The van der Waals surface area contributed by atoms with E-state index < -0.39 is 17.4 Å². The Labute approximate surface area is 167 Å². The standard InChI is InChI=1S/C22H20N4O3/c1-13(21-24-14(2)25-26-21)23-18(27)12-22(15-8-4-3-5-9-15)19(28)16-10-6-7-11-17(16)20(22)29/h3-11,13H,12H2,1-2H3,(H,23,27)(H,24,25,26)/t13-/m0/s1. The first-order chi connectivity index (χ1) is 13.9. The molecule has 1 heterocycles. The molecule has 0 saturated carbocycles. The third-order valence-corrected chi connectivity index (χ3v) is 5.26. The van der Waals surface area contributed by atoms with Gasteiger partial charge in [0.2, 0.25) is 5.91 Å². The molecule has 146 valence electrons. The molecule has 3 aromatic rings. The fraction of sp³-hybridized carbons (Fsp3) is 0.227. The number of aromatic amines is 1. The molecule has 0 aliphatic heterocycles. The van der Waals surface area contributed by atoms with Gasteiger partial charge < -0.3 is 5.32 Å². The molecule has 1 aliphatic rings. The van der Waals surface area contributed by atoms with Gasteiger partial charge in [0.1, 0.15) is 11.2 Å². The van der Waals surface area contributed by atoms with Gasteiger partial charge in [-0.25, -0.2) is 4.98 Å². The van der Waals surface area contributed by atoms with E-state index in [1.807, 2.05) is 6.07 Å². The number of benzene rings is 2. The van der Waals surface area contributed by atoms with Gasteiger partial charge in [0.25, 0.3) is 0 Å². The summed E-state index contributed by atoms with van der Waals surface area (Å²) < 4.78 is 0. The van der Waals surface area contributed by atoms with Crippen molar-refractivity contribution in [3.63, 3.8) is 0 Å². The fourth-order valence-electron chi connectivity index (χ4n) is 3.84. The van der Waals surface area contributed by atoms with Gasteiger partial charge in [0.05, 0.1) is 12.5 Å². The highest BCUT2D eigenvalue weighted by Gasteiger charge is 2.55. The smallest absolute Gasteiger partial charge is 0.222 e. The predicted octanol–water partition coefficient (Wildman–Crippen LogP) is 2.70.